The maximum Gasteiger partial charge on any atom is 0.335 e. The van der Waals surface area contributed by atoms with Crippen LogP contribution in [0.5, 0.6) is 0 Å². The minimum Gasteiger partial charge on any atom is -0.478 e. The lowest BCUT2D eigenvalue weighted by Gasteiger charge is -2.07. The van der Waals surface area contributed by atoms with Crippen molar-refractivity contribution in [2.45, 2.75) is 11.1 Å². The first-order chi connectivity index (χ1) is 9.69. The van der Waals surface area contributed by atoms with Crippen LogP contribution in [0.3, 0.4) is 0 Å². The van der Waals surface area contributed by atoms with Crippen LogP contribution in [0.2, 0.25) is 5.02 Å². The molecule has 1 heterocycles. The number of benzene rings is 1. The van der Waals surface area contributed by atoms with Gasteiger partial charge in [0.2, 0.25) is 0 Å². The summed E-state index contributed by atoms with van der Waals surface area (Å²) in [5.74, 6) is -1.19. The van der Waals surface area contributed by atoms with Crippen molar-refractivity contribution in [1.82, 2.24) is 0 Å². The second-order valence-corrected chi connectivity index (χ2v) is 8.88. The SMILES string of the molecule is Cc1cc(S(=O)(=O)Nc2cc(Cl)cc(C(=O)O)c2)sc1Br. The number of hydrogen-bond donors (Lipinski definition) is 2. The van der Waals surface area contributed by atoms with Crippen LogP contribution in [0.1, 0.15) is 15.9 Å². The van der Waals surface area contributed by atoms with Crippen molar-refractivity contribution in [1.29, 1.82) is 0 Å². The first-order valence-corrected chi connectivity index (χ1v) is 8.99. The van der Waals surface area contributed by atoms with Gasteiger partial charge in [-0.3, -0.25) is 4.72 Å². The number of hydrogen-bond acceptors (Lipinski definition) is 4. The predicted molar refractivity (Wildman–Crippen MR) is 86.0 cm³/mol. The molecule has 0 unspecified atom stereocenters. The molecule has 0 saturated carbocycles. The zero-order chi connectivity index (χ0) is 15.8. The Morgan fingerprint density at radius 3 is 2.52 bits per heavy atom. The summed E-state index contributed by atoms with van der Waals surface area (Å²) in [5.41, 5.74) is 0.809. The van der Waals surface area contributed by atoms with E-state index in [0.717, 1.165) is 20.7 Å². The van der Waals surface area contributed by atoms with Crippen LogP contribution in [-0.2, 0) is 10.0 Å². The maximum atomic E-state index is 12.2. The molecule has 1 aromatic heterocycles. The Morgan fingerprint density at radius 1 is 1.33 bits per heavy atom. The molecule has 2 N–H and O–H groups in total. The molecule has 0 aliphatic heterocycles. The number of carbonyl (C=O) groups is 1. The topological polar surface area (TPSA) is 83.5 Å². The zero-order valence-corrected chi connectivity index (χ0v) is 14.5. The summed E-state index contributed by atoms with van der Waals surface area (Å²) in [4.78, 5) is 10.9. The van der Waals surface area contributed by atoms with Crippen molar-refractivity contribution in [2.24, 2.45) is 0 Å². The van der Waals surface area contributed by atoms with E-state index in [2.05, 4.69) is 20.7 Å². The fourth-order valence-corrected chi connectivity index (χ4v) is 5.04. The van der Waals surface area contributed by atoms with Gasteiger partial charge < -0.3 is 5.11 Å². The maximum absolute atomic E-state index is 12.2. The molecule has 2 rings (SSSR count). The van der Waals surface area contributed by atoms with Gasteiger partial charge in [0.25, 0.3) is 10.0 Å². The monoisotopic (exact) mass is 409 g/mol. The normalized spacial score (nSPS) is 11.4. The molecule has 0 saturated heterocycles. The quantitative estimate of drug-likeness (QED) is 0.799. The van der Waals surface area contributed by atoms with Crippen molar-refractivity contribution in [3.63, 3.8) is 0 Å². The van der Waals surface area contributed by atoms with Gasteiger partial charge in [0, 0.05) is 5.02 Å². The van der Waals surface area contributed by atoms with E-state index in [4.69, 9.17) is 16.7 Å². The minimum absolute atomic E-state index is 0.0938. The number of carboxylic acids is 1. The molecule has 21 heavy (non-hydrogen) atoms. The van der Waals surface area contributed by atoms with Gasteiger partial charge in [-0.2, -0.15) is 0 Å². The highest BCUT2D eigenvalue weighted by atomic mass is 79.9. The van der Waals surface area contributed by atoms with E-state index in [0.29, 0.717) is 0 Å². The van der Waals surface area contributed by atoms with E-state index >= 15 is 0 Å². The van der Waals surface area contributed by atoms with E-state index in [1.807, 2.05) is 0 Å². The van der Waals surface area contributed by atoms with Gasteiger partial charge in [-0.25, -0.2) is 13.2 Å². The van der Waals surface area contributed by atoms with Crippen LogP contribution < -0.4 is 4.72 Å². The predicted octanol–water partition coefficient (Wildman–Crippen LogP) is 3.97. The molecular formula is C12H9BrClNO4S2. The molecule has 1 aromatic carbocycles. The second-order valence-electron chi connectivity index (χ2n) is 4.16. The average Bonchev–Trinajstić information content (AvgIpc) is 2.69. The van der Waals surface area contributed by atoms with Crippen LogP contribution in [0.15, 0.2) is 32.3 Å². The number of aryl methyl sites for hydroxylation is 1. The number of anilines is 1. The first kappa shape index (κ1) is 16.3. The number of nitrogens with one attached hydrogen (secondary N) is 1. The van der Waals surface area contributed by atoms with Gasteiger partial charge in [0.15, 0.2) is 0 Å². The van der Waals surface area contributed by atoms with Crippen LogP contribution in [0.4, 0.5) is 5.69 Å². The van der Waals surface area contributed by atoms with Gasteiger partial charge in [-0.1, -0.05) is 11.6 Å². The van der Waals surface area contributed by atoms with E-state index < -0.39 is 16.0 Å². The van der Waals surface area contributed by atoms with Crippen molar-refractivity contribution in [3.05, 3.63) is 44.2 Å². The molecule has 0 spiro atoms. The highest BCUT2D eigenvalue weighted by molar-refractivity contribution is 9.11. The third-order valence-electron chi connectivity index (χ3n) is 2.50. The number of sulfonamides is 1. The molecule has 0 radical (unpaired) electrons. The number of halogens is 2. The summed E-state index contributed by atoms with van der Waals surface area (Å²) in [6.07, 6.45) is 0. The van der Waals surface area contributed by atoms with Crippen molar-refractivity contribution in [2.75, 3.05) is 4.72 Å². The van der Waals surface area contributed by atoms with Gasteiger partial charge in [0.1, 0.15) is 4.21 Å². The Hall–Kier alpha value is -1.09. The molecule has 0 bridgehead atoms. The first-order valence-electron chi connectivity index (χ1n) is 5.51. The van der Waals surface area contributed by atoms with Gasteiger partial charge in [-0.05, 0) is 52.7 Å². The van der Waals surface area contributed by atoms with E-state index in [1.54, 1.807) is 6.92 Å². The van der Waals surface area contributed by atoms with Crippen molar-refractivity contribution >= 4 is 60.5 Å². The van der Waals surface area contributed by atoms with Gasteiger partial charge in [-0.15, -0.1) is 11.3 Å². The van der Waals surface area contributed by atoms with Gasteiger partial charge >= 0.3 is 5.97 Å². The molecule has 0 amide bonds. The molecule has 0 fully saturated rings. The van der Waals surface area contributed by atoms with E-state index in [-0.39, 0.29) is 20.5 Å². The number of rotatable bonds is 4. The second kappa shape index (κ2) is 5.96. The van der Waals surface area contributed by atoms with Crippen LogP contribution in [0.25, 0.3) is 0 Å². The summed E-state index contributed by atoms with van der Waals surface area (Å²) in [7, 11) is -3.79. The fraction of sp³-hybridized carbons (Fsp3) is 0.0833. The van der Waals surface area contributed by atoms with Crippen molar-refractivity contribution < 1.29 is 18.3 Å². The fourth-order valence-electron chi connectivity index (χ4n) is 1.54. The molecule has 0 atom stereocenters. The molecule has 0 aliphatic rings. The lowest BCUT2D eigenvalue weighted by atomic mass is 10.2. The Morgan fingerprint density at radius 2 is 2.00 bits per heavy atom. The van der Waals surface area contributed by atoms with E-state index in [9.17, 15) is 13.2 Å². The Balaban J connectivity index is 2.39. The molecule has 5 nitrogen and oxygen atoms in total. The van der Waals surface area contributed by atoms with E-state index in [1.165, 1.54) is 24.3 Å². The van der Waals surface area contributed by atoms with Crippen molar-refractivity contribution in [3.8, 4) is 0 Å². The summed E-state index contributed by atoms with van der Waals surface area (Å²) in [5, 5.41) is 9.08. The highest BCUT2D eigenvalue weighted by Gasteiger charge is 2.19. The number of carboxylic acid groups (broad SMARTS) is 1. The highest BCUT2D eigenvalue weighted by Crippen LogP contribution is 2.32. The lowest BCUT2D eigenvalue weighted by molar-refractivity contribution is 0.0697. The van der Waals surface area contributed by atoms with Gasteiger partial charge in [0.05, 0.1) is 15.0 Å². The summed E-state index contributed by atoms with van der Waals surface area (Å²) in [6, 6.07) is 5.33. The minimum atomic E-state index is -3.79. The molecule has 112 valence electrons. The third kappa shape index (κ3) is 3.76. The van der Waals surface area contributed by atoms with Crippen LogP contribution >= 0.6 is 38.9 Å². The third-order valence-corrected chi connectivity index (χ3v) is 6.71. The number of aromatic carboxylic acids is 1. The lowest BCUT2D eigenvalue weighted by Crippen LogP contribution is -2.12. The summed E-state index contributed by atoms with van der Waals surface area (Å²) >= 11 is 10.1. The summed E-state index contributed by atoms with van der Waals surface area (Å²) in [6.45, 7) is 1.78. The number of thiophene rings is 1. The molecule has 0 aliphatic carbocycles. The smallest absolute Gasteiger partial charge is 0.335 e. The Bertz CT molecular complexity index is 797. The average molecular weight is 411 g/mol. The summed E-state index contributed by atoms with van der Waals surface area (Å²) < 4.78 is 27.7. The van der Waals surface area contributed by atoms with Crippen LogP contribution in [-0.4, -0.2) is 19.5 Å². The Kier molecular flexibility index (Phi) is 4.62. The Labute approximate surface area is 138 Å². The molecular weight excluding hydrogens is 402 g/mol. The zero-order valence-electron chi connectivity index (χ0n) is 10.6. The van der Waals surface area contributed by atoms with Crippen LogP contribution in [0, 0.1) is 6.92 Å². The molecule has 2 aromatic rings. The standard InChI is InChI=1S/C12H9BrClNO4S2/c1-6-2-10(20-11(6)13)21(18,19)15-9-4-7(12(16)17)3-8(14)5-9/h2-5,15H,1H3,(H,16,17). The largest absolute Gasteiger partial charge is 0.478 e. The molecule has 9 heteroatoms.